The van der Waals surface area contributed by atoms with E-state index in [-0.39, 0.29) is 17.5 Å². The van der Waals surface area contributed by atoms with Crippen molar-refractivity contribution in [3.8, 4) is 11.5 Å². The number of amides is 1. The summed E-state index contributed by atoms with van der Waals surface area (Å²) in [4.78, 5) is 25.8. The summed E-state index contributed by atoms with van der Waals surface area (Å²) >= 11 is 0. The van der Waals surface area contributed by atoms with Gasteiger partial charge in [0, 0.05) is 28.3 Å². The molecule has 0 aliphatic rings. The second kappa shape index (κ2) is 8.59. The molecule has 0 radical (unpaired) electrons. The lowest BCUT2D eigenvalue weighted by Gasteiger charge is -2.08. The summed E-state index contributed by atoms with van der Waals surface area (Å²) in [5.74, 6) is 0.670. The Kier molecular flexibility index (Phi) is 5.69. The largest absolute Gasteiger partial charge is 0.497 e. The van der Waals surface area contributed by atoms with E-state index >= 15 is 0 Å². The fraction of sp³-hybridized carbons (Fsp3) is 0.154. The summed E-state index contributed by atoms with van der Waals surface area (Å²) in [6.07, 6.45) is 0. The average molecular weight is 429 g/mol. The zero-order valence-corrected chi connectivity index (χ0v) is 18.3. The van der Waals surface area contributed by atoms with Crippen LogP contribution in [-0.4, -0.2) is 25.9 Å². The number of carbonyl (C=O) groups excluding carboxylic acids is 2. The number of methoxy groups -OCH3 is 2. The molecular weight excluding hydrogens is 406 g/mol. The second-order valence-corrected chi connectivity index (χ2v) is 7.48. The lowest BCUT2D eigenvalue weighted by Crippen LogP contribution is -2.11. The molecule has 0 saturated heterocycles. The van der Waals surface area contributed by atoms with Crippen LogP contribution in [0.2, 0.25) is 0 Å². The van der Waals surface area contributed by atoms with Crippen LogP contribution in [0.25, 0.3) is 11.0 Å². The summed E-state index contributed by atoms with van der Waals surface area (Å²) in [5, 5.41) is 3.67. The van der Waals surface area contributed by atoms with Gasteiger partial charge in [-0.3, -0.25) is 9.59 Å². The minimum atomic E-state index is -0.306. The van der Waals surface area contributed by atoms with Crippen molar-refractivity contribution in [3.63, 3.8) is 0 Å². The van der Waals surface area contributed by atoms with Crippen molar-refractivity contribution in [2.75, 3.05) is 19.5 Å². The molecular formula is C26H23NO5. The van der Waals surface area contributed by atoms with Crippen molar-refractivity contribution in [2.45, 2.75) is 13.8 Å². The maximum absolute atomic E-state index is 13.3. The van der Waals surface area contributed by atoms with Crippen LogP contribution in [0.15, 0.2) is 65.1 Å². The number of hydrogen-bond donors (Lipinski definition) is 1. The number of fused-ring (bicyclic) bond motifs is 1. The SMILES string of the molecule is COc1ccc(OC)c(C(=O)c2oc3cc(NC(=O)c4ccc(C)cc4)ccc3c2C)c1. The van der Waals surface area contributed by atoms with Gasteiger partial charge in [-0.2, -0.15) is 0 Å². The molecule has 4 rings (SSSR count). The van der Waals surface area contributed by atoms with Crippen molar-refractivity contribution in [1.82, 2.24) is 0 Å². The Morgan fingerprint density at radius 1 is 0.875 bits per heavy atom. The topological polar surface area (TPSA) is 77.8 Å². The fourth-order valence-electron chi connectivity index (χ4n) is 3.54. The molecule has 0 atom stereocenters. The molecule has 0 spiro atoms. The van der Waals surface area contributed by atoms with Crippen LogP contribution in [0, 0.1) is 13.8 Å². The number of hydrogen-bond acceptors (Lipinski definition) is 5. The first-order chi connectivity index (χ1) is 15.4. The van der Waals surface area contributed by atoms with Gasteiger partial charge in [-0.15, -0.1) is 0 Å². The quantitative estimate of drug-likeness (QED) is 0.407. The van der Waals surface area contributed by atoms with Crippen LogP contribution in [0.4, 0.5) is 5.69 Å². The third-order valence-electron chi connectivity index (χ3n) is 5.37. The van der Waals surface area contributed by atoms with E-state index in [1.165, 1.54) is 14.2 Å². The van der Waals surface area contributed by atoms with Crippen LogP contribution in [0.5, 0.6) is 11.5 Å². The van der Waals surface area contributed by atoms with Gasteiger partial charge in [0.25, 0.3) is 5.91 Å². The highest BCUT2D eigenvalue weighted by atomic mass is 16.5. The predicted molar refractivity (Wildman–Crippen MR) is 123 cm³/mol. The normalized spacial score (nSPS) is 10.8. The van der Waals surface area contributed by atoms with E-state index in [2.05, 4.69) is 5.32 Å². The zero-order valence-electron chi connectivity index (χ0n) is 18.3. The van der Waals surface area contributed by atoms with Crippen molar-refractivity contribution in [3.05, 3.63) is 88.7 Å². The van der Waals surface area contributed by atoms with E-state index in [9.17, 15) is 9.59 Å². The Balaban J connectivity index is 1.66. The van der Waals surface area contributed by atoms with Gasteiger partial charge < -0.3 is 19.2 Å². The predicted octanol–water partition coefficient (Wildman–Crippen LogP) is 5.55. The Hall–Kier alpha value is -4.06. The van der Waals surface area contributed by atoms with E-state index in [1.807, 2.05) is 32.0 Å². The van der Waals surface area contributed by atoms with Gasteiger partial charge in [0.15, 0.2) is 5.76 Å². The average Bonchev–Trinajstić information content (AvgIpc) is 3.14. The van der Waals surface area contributed by atoms with Crippen LogP contribution in [0.3, 0.4) is 0 Å². The summed E-state index contributed by atoms with van der Waals surface area (Å²) < 4.78 is 16.5. The smallest absolute Gasteiger partial charge is 0.255 e. The summed E-state index contributed by atoms with van der Waals surface area (Å²) in [6, 6.07) is 17.7. The molecule has 1 aromatic heterocycles. The Morgan fingerprint density at radius 2 is 1.62 bits per heavy atom. The number of ether oxygens (including phenoxy) is 2. The molecule has 3 aromatic carbocycles. The maximum atomic E-state index is 13.3. The molecule has 0 saturated carbocycles. The van der Waals surface area contributed by atoms with Gasteiger partial charge in [-0.25, -0.2) is 0 Å². The molecule has 162 valence electrons. The van der Waals surface area contributed by atoms with E-state index in [0.29, 0.717) is 39.5 Å². The number of rotatable bonds is 6. The lowest BCUT2D eigenvalue weighted by molar-refractivity contribution is 0.100. The van der Waals surface area contributed by atoms with Crippen LogP contribution in [0.1, 0.15) is 37.6 Å². The third-order valence-corrected chi connectivity index (χ3v) is 5.37. The van der Waals surface area contributed by atoms with Gasteiger partial charge in [0.1, 0.15) is 17.1 Å². The Labute approximate surface area is 185 Å². The maximum Gasteiger partial charge on any atom is 0.255 e. The highest BCUT2D eigenvalue weighted by Crippen LogP contribution is 2.32. The van der Waals surface area contributed by atoms with Gasteiger partial charge in [-0.05, 0) is 56.3 Å². The summed E-state index contributed by atoms with van der Waals surface area (Å²) in [6.45, 7) is 3.80. The lowest BCUT2D eigenvalue weighted by atomic mass is 10.0. The number of nitrogens with one attached hydrogen (secondary N) is 1. The van der Waals surface area contributed by atoms with Crippen molar-refractivity contribution in [2.24, 2.45) is 0 Å². The molecule has 1 heterocycles. The molecule has 0 bridgehead atoms. The molecule has 0 unspecified atom stereocenters. The Bertz CT molecular complexity index is 1320. The molecule has 4 aromatic rings. The number of benzene rings is 3. The molecule has 32 heavy (non-hydrogen) atoms. The van der Waals surface area contributed by atoms with Crippen molar-refractivity contribution < 1.29 is 23.5 Å². The molecule has 6 nitrogen and oxygen atoms in total. The van der Waals surface area contributed by atoms with E-state index in [4.69, 9.17) is 13.9 Å². The molecule has 1 amide bonds. The van der Waals surface area contributed by atoms with Crippen molar-refractivity contribution in [1.29, 1.82) is 0 Å². The minimum Gasteiger partial charge on any atom is -0.497 e. The third kappa shape index (κ3) is 3.95. The van der Waals surface area contributed by atoms with Gasteiger partial charge in [-0.1, -0.05) is 17.7 Å². The Morgan fingerprint density at radius 3 is 2.31 bits per heavy atom. The molecule has 0 aliphatic carbocycles. The molecule has 6 heteroatoms. The van der Waals surface area contributed by atoms with Gasteiger partial charge in [0.2, 0.25) is 5.78 Å². The van der Waals surface area contributed by atoms with Crippen LogP contribution >= 0.6 is 0 Å². The summed E-state index contributed by atoms with van der Waals surface area (Å²) in [5.41, 5.74) is 3.79. The monoisotopic (exact) mass is 429 g/mol. The molecule has 0 fully saturated rings. The highest BCUT2D eigenvalue weighted by Gasteiger charge is 2.23. The van der Waals surface area contributed by atoms with E-state index < -0.39 is 0 Å². The fourth-order valence-corrected chi connectivity index (χ4v) is 3.54. The number of carbonyl (C=O) groups is 2. The first kappa shape index (κ1) is 21.2. The summed E-state index contributed by atoms with van der Waals surface area (Å²) in [7, 11) is 3.04. The van der Waals surface area contributed by atoms with Crippen LogP contribution in [-0.2, 0) is 0 Å². The number of ketones is 1. The second-order valence-electron chi connectivity index (χ2n) is 7.48. The first-order valence-electron chi connectivity index (χ1n) is 10.1. The highest BCUT2D eigenvalue weighted by molar-refractivity contribution is 6.12. The zero-order chi connectivity index (χ0) is 22.8. The number of anilines is 1. The van der Waals surface area contributed by atoms with Crippen LogP contribution < -0.4 is 14.8 Å². The first-order valence-corrected chi connectivity index (χ1v) is 10.1. The standard InChI is InChI=1S/C26H23NO5/c1-15-5-7-17(8-6-15)26(29)27-18-9-11-20-16(2)25(32-23(20)13-18)24(28)21-14-19(30-3)10-12-22(21)31-4/h5-14H,1-4H3,(H,27,29). The minimum absolute atomic E-state index is 0.216. The van der Waals surface area contributed by atoms with E-state index in [0.717, 1.165) is 10.9 Å². The molecule has 1 N–H and O–H groups in total. The van der Waals surface area contributed by atoms with Crippen molar-refractivity contribution >= 4 is 28.3 Å². The molecule has 0 aliphatic heterocycles. The van der Waals surface area contributed by atoms with E-state index in [1.54, 1.807) is 42.5 Å². The van der Waals surface area contributed by atoms with Gasteiger partial charge in [0.05, 0.1) is 19.8 Å². The number of furan rings is 1. The van der Waals surface area contributed by atoms with Gasteiger partial charge >= 0.3 is 0 Å². The number of aryl methyl sites for hydroxylation is 2.